The number of hydrogen-bond acceptors (Lipinski definition) is 3. The molecule has 0 spiro atoms. The van der Waals surface area contributed by atoms with E-state index >= 15 is 0 Å². The highest BCUT2D eigenvalue weighted by Crippen LogP contribution is 2.22. The van der Waals surface area contributed by atoms with Gasteiger partial charge >= 0.3 is 0 Å². The Hall–Kier alpha value is -0.990. The predicted octanol–water partition coefficient (Wildman–Crippen LogP) is 3.94. The van der Waals surface area contributed by atoms with Gasteiger partial charge in [-0.2, -0.15) is 0 Å². The number of rotatable bonds is 6. The van der Waals surface area contributed by atoms with E-state index in [1.54, 1.807) is 25.5 Å². The molecule has 4 nitrogen and oxygen atoms in total. The molecule has 2 aromatic rings. The Morgan fingerprint density at radius 2 is 2.13 bits per heavy atom. The Labute approximate surface area is 163 Å². The SMILES string of the molecule is CN=C(NCCc1ccc(OC)cc1Cl)NCc1cccs1.I. The number of nitrogens with zero attached hydrogens (tertiary/aromatic N) is 1. The molecule has 0 unspecified atom stereocenters. The Bertz CT molecular complexity index is 620. The van der Waals surface area contributed by atoms with E-state index in [4.69, 9.17) is 16.3 Å². The topological polar surface area (TPSA) is 45.7 Å². The molecule has 0 aliphatic heterocycles. The van der Waals surface area contributed by atoms with Crippen LogP contribution in [0.1, 0.15) is 10.4 Å². The van der Waals surface area contributed by atoms with E-state index in [1.165, 1.54) is 4.88 Å². The maximum atomic E-state index is 6.23. The quantitative estimate of drug-likeness (QED) is 0.386. The van der Waals surface area contributed by atoms with E-state index in [0.717, 1.165) is 41.8 Å². The average Bonchev–Trinajstić information content (AvgIpc) is 3.05. The first-order chi connectivity index (χ1) is 10.7. The van der Waals surface area contributed by atoms with Crippen LogP contribution in [0, 0.1) is 0 Å². The van der Waals surface area contributed by atoms with Gasteiger partial charge in [-0.3, -0.25) is 4.99 Å². The molecule has 1 aromatic carbocycles. The van der Waals surface area contributed by atoms with Crippen molar-refractivity contribution in [3.63, 3.8) is 0 Å². The van der Waals surface area contributed by atoms with Crippen LogP contribution in [0.3, 0.4) is 0 Å². The molecule has 0 radical (unpaired) electrons. The number of methoxy groups -OCH3 is 1. The number of halogens is 2. The zero-order chi connectivity index (χ0) is 15.8. The second-order valence-electron chi connectivity index (χ2n) is 4.64. The molecular formula is C16H21ClIN3OS. The molecule has 2 N–H and O–H groups in total. The van der Waals surface area contributed by atoms with Crippen molar-refractivity contribution in [2.45, 2.75) is 13.0 Å². The molecule has 2 rings (SSSR count). The summed E-state index contributed by atoms with van der Waals surface area (Å²) in [5.74, 6) is 1.56. The van der Waals surface area contributed by atoms with Crippen LogP contribution < -0.4 is 15.4 Å². The summed E-state index contributed by atoms with van der Waals surface area (Å²) in [6.07, 6.45) is 0.822. The van der Waals surface area contributed by atoms with Crippen LogP contribution in [-0.4, -0.2) is 26.7 Å². The van der Waals surface area contributed by atoms with Crippen molar-refractivity contribution >= 4 is 52.9 Å². The molecule has 0 saturated heterocycles. The minimum absolute atomic E-state index is 0. The molecule has 1 aromatic heterocycles. The summed E-state index contributed by atoms with van der Waals surface area (Å²) >= 11 is 7.96. The van der Waals surface area contributed by atoms with Gasteiger partial charge in [-0.05, 0) is 35.6 Å². The van der Waals surface area contributed by atoms with Gasteiger partial charge < -0.3 is 15.4 Å². The number of guanidine groups is 1. The van der Waals surface area contributed by atoms with E-state index in [2.05, 4.69) is 27.1 Å². The average molecular weight is 466 g/mol. The molecule has 0 saturated carbocycles. The molecule has 1 heterocycles. The standard InChI is InChI=1S/C16H20ClN3OS.HI/c1-18-16(20-11-14-4-3-9-22-14)19-8-7-12-5-6-13(21-2)10-15(12)17;/h3-6,9-10H,7-8,11H2,1-2H3,(H2,18,19,20);1H. The minimum Gasteiger partial charge on any atom is -0.497 e. The van der Waals surface area contributed by atoms with Gasteiger partial charge in [0.05, 0.1) is 13.7 Å². The van der Waals surface area contributed by atoms with Crippen LogP contribution in [0.5, 0.6) is 5.75 Å². The monoisotopic (exact) mass is 465 g/mol. The number of thiophene rings is 1. The van der Waals surface area contributed by atoms with E-state index in [0.29, 0.717) is 0 Å². The van der Waals surface area contributed by atoms with Gasteiger partial charge in [-0.25, -0.2) is 0 Å². The molecule has 0 aliphatic rings. The molecule has 0 bridgehead atoms. The van der Waals surface area contributed by atoms with Gasteiger partial charge in [0.2, 0.25) is 0 Å². The fraction of sp³-hybridized carbons (Fsp3) is 0.312. The lowest BCUT2D eigenvalue weighted by Crippen LogP contribution is -2.37. The Kier molecular flexibility index (Phi) is 9.35. The highest BCUT2D eigenvalue weighted by molar-refractivity contribution is 14.0. The van der Waals surface area contributed by atoms with E-state index in [1.807, 2.05) is 24.3 Å². The van der Waals surface area contributed by atoms with E-state index < -0.39 is 0 Å². The van der Waals surface area contributed by atoms with Crippen LogP contribution in [0.4, 0.5) is 0 Å². The predicted molar refractivity (Wildman–Crippen MR) is 110 cm³/mol. The number of benzene rings is 1. The number of nitrogens with one attached hydrogen (secondary N) is 2. The van der Waals surface area contributed by atoms with Crippen LogP contribution in [0.25, 0.3) is 0 Å². The summed E-state index contributed by atoms with van der Waals surface area (Å²) in [6, 6.07) is 9.89. The normalized spacial score (nSPS) is 10.8. The van der Waals surface area contributed by atoms with Crippen LogP contribution >= 0.6 is 46.9 Å². The lowest BCUT2D eigenvalue weighted by molar-refractivity contribution is 0.414. The molecule has 0 fully saturated rings. The van der Waals surface area contributed by atoms with Crippen molar-refractivity contribution in [1.29, 1.82) is 0 Å². The zero-order valence-corrected chi connectivity index (χ0v) is 17.0. The lowest BCUT2D eigenvalue weighted by atomic mass is 10.1. The first-order valence-corrected chi connectivity index (χ1v) is 8.28. The zero-order valence-electron chi connectivity index (χ0n) is 13.1. The summed E-state index contributed by atoms with van der Waals surface area (Å²) in [6.45, 7) is 1.54. The number of ether oxygens (including phenoxy) is 1. The van der Waals surface area contributed by atoms with Gasteiger partial charge in [0.1, 0.15) is 5.75 Å². The molecule has 0 aliphatic carbocycles. The fourth-order valence-electron chi connectivity index (χ4n) is 1.98. The molecule has 0 amide bonds. The highest BCUT2D eigenvalue weighted by atomic mass is 127. The maximum Gasteiger partial charge on any atom is 0.191 e. The van der Waals surface area contributed by atoms with Crippen molar-refractivity contribution < 1.29 is 4.74 Å². The Balaban J connectivity index is 0.00000264. The molecule has 0 atom stereocenters. The second-order valence-corrected chi connectivity index (χ2v) is 6.08. The molecule has 126 valence electrons. The van der Waals surface area contributed by atoms with Crippen LogP contribution in [0.2, 0.25) is 5.02 Å². The number of hydrogen-bond donors (Lipinski definition) is 2. The summed E-state index contributed by atoms with van der Waals surface area (Å²) in [5, 5.41) is 9.37. The van der Waals surface area contributed by atoms with Gasteiger partial charge in [0.25, 0.3) is 0 Å². The highest BCUT2D eigenvalue weighted by Gasteiger charge is 2.03. The van der Waals surface area contributed by atoms with Gasteiger partial charge in [-0.15, -0.1) is 35.3 Å². The van der Waals surface area contributed by atoms with Gasteiger partial charge in [-0.1, -0.05) is 23.7 Å². The fourth-order valence-corrected chi connectivity index (χ4v) is 2.89. The molecule has 23 heavy (non-hydrogen) atoms. The molecular weight excluding hydrogens is 445 g/mol. The van der Waals surface area contributed by atoms with Crippen LogP contribution in [0.15, 0.2) is 40.7 Å². The van der Waals surface area contributed by atoms with Crippen LogP contribution in [-0.2, 0) is 13.0 Å². The Morgan fingerprint density at radius 1 is 1.30 bits per heavy atom. The largest absolute Gasteiger partial charge is 0.497 e. The third-order valence-electron chi connectivity index (χ3n) is 3.18. The summed E-state index contributed by atoms with van der Waals surface area (Å²) in [7, 11) is 3.40. The smallest absolute Gasteiger partial charge is 0.191 e. The third-order valence-corrected chi connectivity index (χ3v) is 4.41. The van der Waals surface area contributed by atoms with Crippen molar-refractivity contribution in [2.75, 3.05) is 20.7 Å². The van der Waals surface area contributed by atoms with Gasteiger partial charge in [0, 0.05) is 23.5 Å². The van der Waals surface area contributed by atoms with Crippen molar-refractivity contribution in [1.82, 2.24) is 10.6 Å². The Morgan fingerprint density at radius 3 is 2.74 bits per heavy atom. The summed E-state index contributed by atoms with van der Waals surface area (Å²) < 4.78 is 5.15. The lowest BCUT2D eigenvalue weighted by Gasteiger charge is -2.12. The van der Waals surface area contributed by atoms with Crippen molar-refractivity contribution in [3.05, 3.63) is 51.2 Å². The van der Waals surface area contributed by atoms with Crippen molar-refractivity contribution in [3.8, 4) is 5.75 Å². The maximum absolute atomic E-state index is 6.23. The summed E-state index contributed by atoms with van der Waals surface area (Å²) in [5.41, 5.74) is 1.09. The summed E-state index contributed by atoms with van der Waals surface area (Å²) in [4.78, 5) is 5.49. The van der Waals surface area contributed by atoms with Gasteiger partial charge in [0.15, 0.2) is 5.96 Å². The minimum atomic E-state index is 0. The van der Waals surface area contributed by atoms with E-state index in [-0.39, 0.29) is 24.0 Å². The number of aliphatic imine (C=N–C) groups is 1. The first-order valence-electron chi connectivity index (χ1n) is 7.02. The third kappa shape index (κ3) is 6.56. The van der Waals surface area contributed by atoms with E-state index in [9.17, 15) is 0 Å². The second kappa shape index (κ2) is 10.7. The van der Waals surface area contributed by atoms with Crippen molar-refractivity contribution in [2.24, 2.45) is 4.99 Å². The first kappa shape index (κ1) is 20.1. The molecule has 7 heteroatoms.